The van der Waals surface area contributed by atoms with Gasteiger partial charge in [-0.3, -0.25) is 9.59 Å². The van der Waals surface area contributed by atoms with Gasteiger partial charge in [-0.25, -0.2) is 0 Å². The van der Waals surface area contributed by atoms with Crippen LogP contribution in [0, 0.1) is 29.6 Å². The maximum atomic E-state index is 13.9. The molecule has 0 radical (unpaired) electrons. The quantitative estimate of drug-likeness (QED) is 0.160. The number of hydrogen-bond acceptors (Lipinski definition) is 15. The van der Waals surface area contributed by atoms with Crippen LogP contribution in [-0.4, -0.2) is 139 Å². The Bertz CT molecular complexity index is 1100. The zero-order valence-corrected chi connectivity index (χ0v) is 30.2. The molecule has 0 bridgehead atoms. The monoisotopic (exact) mass is 707 g/mol. The van der Waals surface area contributed by atoms with Crippen LogP contribution in [0.4, 0.5) is 0 Å². The van der Waals surface area contributed by atoms with Crippen molar-refractivity contribution in [3.63, 3.8) is 0 Å². The number of aliphatic hydroxyl groups excluding tert-OH is 5. The second-order valence-corrected chi connectivity index (χ2v) is 15.3. The Morgan fingerprint density at radius 2 is 1.43 bits per heavy atom. The molecule has 9 N–H and O–H groups in total. The summed E-state index contributed by atoms with van der Waals surface area (Å²) >= 11 is 0. The van der Waals surface area contributed by atoms with Gasteiger partial charge in [0.2, 0.25) is 0 Å². The Morgan fingerprint density at radius 1 is 0.816 bits per heavy atom. The normalized spacial score (nSPS) is 51.2. The Morgan fingerprint density at radius 3 is 1.98 bits per heavy atom. The highest BCUT2D eigenvalue weighted by atomic mass is 16.7. The minimum atomic E-state index is -1.88. The van der Waals surface area contributed by atoms with Crippen LogP contribution in [0.1, 0.15) is 81.6 Å². The number of esters is 1. The topological polar surface area (TPSA) is 248 Å². The van der Waals surface area contributed by atoms with Gasteiger partial charge in [0.05, 0.1) is 54.2 Å². The molecular formula is C34H61NO14. The second-order valence-electron chi connectivity index (χ2n) is 15.3. The number of aliphatic hydroxyl groups is 7. The predicted octanol–water partition coefficient (Wildman–Crippen LogP) is -0.643. The van der Waals surface area contributed by atoms with Gasteiger partial charge in [-0.15, -0.1) is 0 Å². The lowest BCUT2D eigenvalue weighted by Crippen LogP contribution is -2.65. The van der Waals surface area contributed by atoms with Crippen LogP contribution < -0.4 is 5.73 Å². The molecule has 19 atom stereocenters. The van der Waals surface area contributed by atoms with E-state index in [1.807, 2.05) is 0 Å². The van der Waals surface area contributed by atoms with Gasteiger partial charge in [0.15, 0.2) is 12.6 Å². The smallest absolute Gasteiger partial charge is 0.311 e. The summed E-state index contributed by atoms with van der Waals surface area (Å²) in [7, 11) is 0. The standard InChI is InChI=1S/C34H61NO14/c1-10-20-15(3)25(38)16(4)24(37)14(2)11-34(9,44)30(49-32-23(35)27(40)26(39)21(13-36)47-32)17(5)28(18(6)31(42)46-20)48-22-12-33(8,43)29(41)19(7)45-22/h14-23,25-30,32,36,38-41,43-44H,10-13,35H2,1-9H3/t14-,15+,16+,17+,18-,19?,20-,21?,22+,23?,25+,26+,27?,28+,29+,30-,32+,33?,34-/m1/s1. The molecule has 0 aliphatic carbocycles. The Labute approximate surface area is 289 Å². The van der Waals surface area contributed by atoms with Crippen molar-refractivity contribution in [2.75, 3.05) is 6.61 Å². The van der Waals surface area contributed by atoms with E-state index < -0.39 is 127 Å². The molecule has 5 unspecified atom stereocenters. The van der Waals surface area contributed by atoms with E-state index in [1.165, 1.54) is 13.8 Å². The number of hydrogen-bond donors (Lipinski definition) is 8. The van der Waals surface area contributed by atoms with Crippen molar-refractivity contribution >= 4 is 11.8 Å². The van der Waals surface area contributed by atoms with Crippen LogP contribution in [0.5, 0.6) is 0 Å². The molecule has 0 spiro atoms. The lowest BCUT2D eigenvalue weighted by Gasteiger charge is -2.48. The molecule has 15 nitrogen and oxygen atoms in total. The molecule has 0 aromatic heterocycles. The summed E-state index contributed by atoms with van der Waals surface area (Å²) in [5, 5.41) is 75.8. The van der Waals surface area contributed by atoms with Gasteiger partial charge < -0.3 is 65.2 Å². The summed E-state index contributed by atoms with van der Waals surface area (Å²) < 4.78 is 30.4. The van der Waals surface area contributed by atoms with Gasteiger partial charge in [0.1, 0.15) is 36.3 Å². The van der Waals surface area contributed by atoms with E-state index in [0.29, 0.717) is 6.42 Å². The lowest BCUT2D eigenvalue weighted by molar-refractivity contribution is -0.317. The number of Topliss-reactive ketones (excluding diaryl/α,β-unsaturated/α-hetero) is 1. The van der Waals surface area contributed by atoms with E-state index >= 15 is 0 Å². The zero-order chi connectivity index (χ0) is 37.3. The molecule has 3 heterocycles. The molecule has 0 aromatic rings. The van der Waals surface area contributed by atoms with Crippen LogP contribution in [0.3, 0.4) is 0 Å². The maximum absolute atomic E-state index is 13.9. The fraction of sp³-hybridized carbons (Fsp3) is 0.941. The minimum Gasteiger partial charge on any atom is -0.462 e. The van der Waals surface area contributed by atoms with Crippen LogP contribution >= 0.6 is 0 Å². The number of cyclic esters (lactones) is 1. The summed E-state index contributed by atoms with van der Waals surface area (Å²) in [5.74, 6) is -5.34. The van der Waals surface area contributed by atoms with Crippen molar-refractivity contribution in [1.82, 2.24) is 0 Å². The Kier molecular flexibility index (Phi) is 14.2. The highest BCUT2D eigenvalue weighted by molar-refractivity contribution is 5.83. The summed E-state index contributed by atoms with van der Waals surface area (Å²) in [6.07, 6.45) is -13.5. The largest absolute Gasteiger partial charge is 0.462 e. The molecular weight excluding hydrogens is 646 g/mol. The zero-order valence-electron chi connectivity index (χ0n) is 30.2. The van der Waals surface area contributed by atoms with Crippen molar-refractivity contribution in [3.05, 3.63) is 0 Å². The molecule has 0 amide bonds. The maximum Gasteiger partial charge on any atom is 0.311 e. The molecule has 49 heavy (non-hydrogen) atoms. The highest BCUT2D eigenvalue weighted by Gasteiger charge is 2.52. The number of nitrogens with two attached hydrogens (primary N) is 1. The molecule has 3 rings (SSSR count). The van der Waals surface area contributed by atoms with Crippen LogP contribution in [0.2, 0.25) is 0 Å². The van der Waals surface area contributed by atoms with E-state index in [9.17, 15) is 45.3 Å². The van der Waals surface area contributed by atoms with Crippen molar-refractivity contribution in [2.45, 2.75) is 166 Å². The first-order valence-electron chi connectivity index (χ1n) is 17.5. The molecule has 3 saturated heterocycles. The fourth-order valence-corrected chi connectivity index (χ4v) is 7.74. The highest BCUT2D eigenvalue weighted by Crippen LogP contribution is 2.39. The molecule has 286 valence electrons. The van der Waals surface area contributed by atoms with E-state index in [4.69, 9.17) is 29.4 Å². The number of rotatable bonds is 6. The average Bonchev–Trinajstić information content (AvgIpc) is 3.04. The van der Waals surface area contributed by atoms with E-state index in [2.05, 4.69) is 0 Å². The lowest BCUT2D eigenvalue weighted by atomic mass is 9.74. The summed E-state index contributed by atoms with van der Waals surface area (Å²) in [5.41, 5.74) is 2.74. The van der Waals surface area contributed by atoms with E-state index in [-0.39, 0.29) is 18.6 Å². The van der Waals surface area contributed by atoms with Crippen molar-refractivity contribution in [3.8, 4) is 0 Å². The van der Waals surface area contributed by atoms with Gasteiger partial charge in [-0.2, -0.15) is 0 Å². The number of carbonyl (C=O) groups excluding carboxylic acids is 2. The Hall–Kier alpha value is -1.34. The van der Waals surface area contributed by atoms with Gasteiger partial charge in [-0.05, 0) is 40.5 Å². The number of carbonyl (C=O) groups is 2. The first kappa shape index (κ1) is 42.1. The summed E-state index contributed by atoms with van der Waals surface area (Å²) in [4.78, 5) is 27.6. The van der Waals surface area contributed by atoms with Crippen LogP contribution in [-0.2, 0) is 33.3 Å². The van der Waals surface area contributed by atoms with Crippen LogP contribution in [0.25, 0.3) is 0 Å². The third kappa shape index (κ3) is 9.18. The minimum absolute atomic E-state index is 0.172. The number of ketones is 1. The van der Waals surface area contributed by atoms with E-state index in [1.54, 1.807) is 48.5 Å². The van der Waals surface area contributed by atoms with Gasteiger partial charge >= 0.3 is 5.97 Å². The summed E-state index contributed by atoms with van der Waals surface area (Å²) in [6.45, 7) is 13.7. The van der Waals surface area contributed by atoms with Crippen LogP contribution in [0.15, 0.2) is 0 Å². The molecule has 3 aliphatic heterocycles. The van der Waals surface area contributed by atoms with Crippen molar-refractivity contribution in [2.24, 2.45) is 35.3 Å². The van der Waals surface area contributed by atoms with E-state index in [0.717, 1.165) is 0 Å². The first-order chi connectivity index (χ1) is 22.6. The third-order valence-corrected chi connectivity index (χ3v) is 11.0. The van der Waals surface area contributed by atoms with Gasteiger partial charge in [0.25, 0.3) is 0 Å². The van der Waals surface area contributed by atoms with Crippen molar-refractivity contribution in [1.29, 1.82) is 0 Å². The second kappa shape index (κ2) is 16.6. The SMILES string of the molecule is CC[C@H]1OC(=O)[C@H](C)[C@@H](O[C@H]2CC(C)(O)[C@@H](O)C(C)O2)[C@H](C)[C@@H](O[C@@H]2OC(CO)[C@H](O)C(O)C2N)[C@](C)(O)C[C@@H](C)C(=O)[C@H](C)[C@@H](O)[C@H]1C. The first-order valence-corrected chi connectivity index (χ1v) is 17.5. The third-order valence-electron chi connectivity index (χ3n) is 11.0. The molecule has 0 saturated carbocycles. The van der Waals surface area contributed by atoms with Crippen molar-refractivity contribution < 1.29 is 69.0 Å². The number of ether oxygens (including phenoxy) is 5. The molecule has 3 aliphatic rings. The molecule has 15 heteroatoms. The predicted molar refractivity (Wildman–Crippen MR) is 173 cm³/mol. The van der Waals surface area contributed by atoms with Gasteiger partial charge in [-0.1, -0.05) is 34.6 Å². The molecule has 3 fully saturated rings. The summed E-state index contributed by atoms with van der Waals surface area (Å²) in [6, 6.07) is -1.34. The fourth-order valence-electron chi connectivity index (χ4n) is 7.74. The Balaban J connectivity index is 2.15. The van der Waals surface area contributed by atoms with Gasteiger partial charge in [0, 0.05) is 30.1 Å². The molecule has 0 aromatic carbocycles. The average molecular weight is 708 g/mol.